The molecule has 0 atom stereocenters. The second kappa shape index (κ2) is 16.2. The van der Waals surface area contributed by atoms with E-state index in [0.717, 1.165) is 38.8 Å². The van der Waals surface area contributed by atoms with Crippen molar-refractivity contribution in [3.63, 3.8) is 0 Å². The van der Waals surface area contributed by atoms with Crippen LogP contribution in [-0.4, -0.2) is 4.57 Å². The topological polar surface area (TPSA) is 24.6 Å². The van der Waals surface area contributed by atoms with E-state index in [9.17, 15) is 0 Å². The molecule has 394 valence electrons. The molecule has 4 nitrogen and oxygen atoms in total. The van der Waals surface area contributed by atoms with Gasteiger partial charge in [-0.2, -0.15) is 0 Å². The molecular formula is C78H61N3O. The lowest BCUT2D eigenvalue weighted by molar-refractivity contribution is 0.597. The smallest absolute Gasteiger partial charge is 0.143 e. The number of aromatic nitrogens is 1. The van der Waals surface area contributed by atoms with Crippen LogP contribution >= 0.6 is 0 Å². The van der Waals surface area contributed by atoms with Crippen LogP contribution in [0.2, 0.25) is 0 Å². The van der Waals surface area contributed by atoms with Crippen LogP contribution in [0.1, 0.15) is 99.9 Å². The fourth-order valence-electron chi connectivity index (χ4n) is 15.5. The zero-order chi connectivity index (χ0) is 55.3. The molecule has 0 saturated heterocycles. The molecule has 2 aromatic heterocycles. The first-order valence-corrected chi connectivity index (χ1v) is 29.2. The molecule has 4 aliphatic heterocycles. The molecule has 0 spiro atoms. The third kappa shape index (κ3) is 6.17. The molecular weight excluding hydrogens is 995 g/mol. The van der Waals surface area contributed by atoms with Gasteiger partial charge in [-0.05, 0) is 163 Å². The number of hydrogen-bond donors (Lipinski definition) is 0. The number of benzene rings is 11. The van der Waals surface area contributed by atoms with E-state index in [4.69, 9.17) is 4.42 Å². The van der Waals surface area contributed by atoms with Gasteiger partial charge in [0.1, 0.15) is 11.2 Å². The molecule has 17 rings (SSSR count). The minimum absolute atomic E-state index is 0.245. The van der Waals surface area contributed by atoms with Crippen molar-refractivity contribution in [1.29, 1.82) is 0 Å². The summed E-state index contributed by atoms with van der Waals surface area (Å²) >= 11 is 0. The minimum Gasteiger partial charge on any atom is -0.455 e. The van der Waals surface area contributed by atoms with Crippen molar-refractivity contribution in [2.75, 3.05) is 9.80 Å². The van der Waals surface area contributed by atoms with Crippen LogP contribution in [0.4, 0.5) is 34.1 Å². The molecule has 0 N–H and O–H groups in total. The van der Waals surface area contributed by atoms with Crippen molar-refractivity contribution < 1.29 is 4.42 Å². The third-order valence-electron chi connectivity index (χ3n) is 19.9. The van der Waals surface area contributed by atoms with E-state index in [-0.39, 0.29) is 21.7 Å². The maximum absolute atomic E-state index is 6.56. The molecule has 0 radical (unpaired) electrons. The van der Waals surface area contributed by atoms with Gasteiger partial charge in [0.25, 0.3) is 0 Å². The number of nitrogens with zero attached hydrogens (tertiary/aromatic N) is 3. The van der Waals surface area contributed by atoms with Crippen LogP contribution in [0.25, 0.3) is 82.8 Å². The average Bonchev–Trinajstić information content (AvgIpc) is 2.06. The predicted molar refractivity (Wildman–Crippen MR) is 342 cm³/mol. The van der Waals surface area contributed by atoms with E-state index in [1.807, 2.05) is 6.07 Å². The normalized spacial score (nSPS) is 16.1. The monoisotopic (exact) mass is 1060 g/mol. The second-order valence-corrected chi connectivity index (χ2v) is 25.7. The summed E-state index contributed by atoms with van der Waals surface area (Å²) in [5.41, 5.74) is 29.9. The Labute approximate surface area is 479 Å². The van der Waals surface area contributed by atoms with Gasteiger partial charge in [0, 0.05) is 54.5 Å². The van der Waals surface area contributed by atoms with Crippen LogP contribution in [0.5, 0.6) is 0 Å². The molecule has 0 aliphatic carbocycles. The van der Waals surface area contributed by atoms with Gasteiger partial charge >= 0.3 is 0 Å². The molecule has 0 unspecified atom stereocenters. The third-order valence-corrected chi connectivity index (χ3v) is 19.9. The van der Waals surface area contributed by atoms with E-state index in [0.29, 0.717) is 0 Å². The number of fused-ring (bicyclic) bond motifs is 14. The Bertz CT molecular complexity index is 4550. The van der Waals surface area contributed by atoms with E-state index in [2.05, 4.69) is 288 Å². The van der Waals surface area contributed by atoms with Crippen molar-refractivity contribution in [2.24, 2.45) is 0 Å². The Morgan fingerprint density at radius 1 is 0.293 bits per heavy atom. The Morgan fingerprint density at radius 3 is 1.11 bits per heavy atom. The number of para-hydroxylation sites is 6. The Balaban J connectivity index is 0.884. The SMILES string of the molecule is CC1(C)c2ccccc2N2c3ccccc3C(C)(C)c3cc(-c4ccc5c(c4)c4cc(-c6cc7c8c(c6)C(C)(C)c6ccccc6N8c6ccccc6C7(C)C)ccc4n5-c4ccc(-c5cccc6c5oc5ccccc56)cc4)cc1c32. The zero-order valence-electron chi connectivity index (χ0n) is 47.6. The number of hydrogen-bond acceptors (Lipinski definition) is 3. The number of anilines is 6. The molecule has 4 heteroatoms. The summed E-state index contributed by atoms with van der Waals surface area (Å²) in [6.45, 7) is 19.4. The van der Waals surface area contributed by atoms with Gasteiger partial charge < -0.3 is 18.8 Å². The Morgan fingerprint density at radius 2 is 0.671 bits per heavy atom. The highest BCUT2D eigenvalue weighted by Gasteiger charge is 2.47. The summed E-state index contributed by atoms with van der Waals surface area (Å²) in [7, 11) is 0. The zero-order valence-corrected chi connectivity index (χ0v) is 47.6. The summed E-state index contributed by atoms with van der Waals surface area (Å²) in [5, 5.41) is 4.72. The van der Waals surface area contributed by atoms with Gasteiger partial charge in [-0.15, -0.1) is 0 Å². The number of furan rings is 1. The van der Waals surface area contributed by atoms with Gasteiger partial charge in [-0.25, -0.2) is 0 Å². The standard InChI is InChI=1S/C78H61N3O/c1-75(2)57-23-10-14-27-67(57)80-68-28-15-11-24-58(68)76(3,4)62-43-49(42-61(75)72(62)80)47-34-38-65-55(40-47)56-41-48(35-39-66(56)79(65)51-36-32-46(33-37-51)52-21-19-22-54-53-20-9-18-31-71(53)82-74(52)54)50-44-63-73-64(45-50)78(7,8)60-26-13-17-30-70(60)81(73)69-29-16-12-25-59(69)77(63,5)6/h9-45H,1-8H3. The van der Waals surface area contributed by atoms with Gasteiger partial charge in [-0.1, -0.05) is 189 Å². The van der Waals surface area contributed by atoms with Gasteiger partial charge in [0.15, 0.2) is 0 Å². The molecule has 6 heterocycles. The molecule has 0 fully saturated rings. The fourth-order valence-corrected chi connectivity index (χ4v) is 15.5. The molecule has 11 aromatic carbocycles. The lowest BCUT2D eigenvalue weighted by Gasteiger charge is -2.49. The molecule has 0 saturated carbocycles. The van der Waals surface area contributed by atoms with E-state index < -0.39 is 0 Å². The van der Waals surface area contributed by atoms with Crippen LogP contribution in [0, 0.1) is 0 Å². The number of rotatable bonds is 4. The van der Waals surface area contributed by atoms with E-state index in [1.54, 1.807) is 0 Å². The first-order valence-electron chi connectivity index (χ1n) is 29.2. The summed E-state index contributed by atoms with van der Waals surface area (Å²) in [5.74, 6) is 0. The van der Waals surface area contributed by atoms with E-state index in [1.165, 1.54) is 123 Å². The first-order chi connectivity index (χ1) is 39.7. The van der Waals surface area contributed by atoms with Gasteiger partial charge in [0.2, 0.25) is 0 Å². The maximum Gasteiger partial charge on any atom is 0.143 e. The highest BCUT2D eigenvalue weighted by atomic mass is 16.3. The largest absolute Gasteiger partial charge is 0.455 e. The molecule has 82 heavy (non-hydrogen) atoms. The van der Waals surface area contributed by atoms with Crippen LogP contribution in [-0.2, 0) is 21.7 Å². The molecule has 4 aliphatic rings. The average molecular weight is 1060 g/mol. The molecule has 13 aromatic rings. The lowest BCUT2D eigenvalue weighted by atomic mass is 9.65. The molecule has 0 amide bonds. The Kier molecular flexibility index (Phi) is 9.35. The molecule has 0 bridgehead atoms. The first kappa shape index (κ1) is 47.4. The minimum atomic E-state index is -0.245. The summed E-state index contributed by atoms with van der Waals surface area (Å²) in [4.78, 5) is 5.12. The van der Waals surface area contributed by atoms with Crippen LogP contribution in [0.15, 0.2) is 229 Å². The Hall–Kier alpha value is -9.38. The summed E-state index contributed by atoms with van der Waals surface area (Å²) in [6, 6.07) is 84.7. The highest BCUT2D eigenvalue weighted by molar-refractivity contribution is 6.13. The van der Waals surface area contributed by atoms with Crippen molar-refractivity contribution in [3.05, 3.63) is 269 Å². The van der Waals surface area contributed by atoms with Crippen molar-refractivity contribution in [2.45, 2.75) is 77.0 Å². The van der Waals surface area contributed by atoms with Crippen LogP contribution < -0.4 is 9.80 Å². The second-order valence-electron chi connectivity index (χ2n) is 25.7. The van der Waals surface area contributed by atoms with Crippen molar-refractivity contribution in [1.82, 2.24) is 4.57 Å². The maximum atomic E-state index is 6.56. The van der Waals surface area contributed by atoms with E-state index >= 15 is 0 Å². The van der Waals surface area contributed by atoms with Crippen molar-refractivity contribution >= 4 is 77.9 Å². The van der Waals surface area contributed by atoms with Gasteiger partial charge in [-0.3, -0.25) is 0 Å². The van der Waals surface area contributed by atoms with Gasteiger partial charge in [0.05, 0.1) is 45.2 Å². The summed E-state index contributed by atoms with van der Waals surface area (Å²) < 4.78 is 9.04. The summed E-state index contributed by atoms with van der Waals surface area (Å²) in [6.07, 6.45) is 0. The lowest BCUT2D eigenvalue weighted by Crippen LogP contribution is -2.38. The van der Waals surface area contributed by atoms with Crippen LogP contribution in [0.3, 0.4) is 0 Å². The predicted octanol–water partition coefficient (Wildman–Crippen LogP) is 21.2. The van der Waals surface area contributed by atoms with Crippen molar-refractivity contribution in [3.8, 4) is 39.1 Å². The fraction of sp³-hybridized carbons (Fsp3) is 0.154. The highest BCUT2D eigenvalue weighted by Crippen LogP contribution is 2.63. The quantitative estimate of drug-likeness (QED) is 0.176.